The number of benzene rings is 1. The number of amides is 1. The molecule has 1 fully saturated rings. The number of carbonyl (C=O) groups is 1. The molecule has 0 aliphatic carbocycles. The van der Waals surface area contributed by atoms with Gasteiger partial charge in [-0.3, -0.25) is 10.2 Å². The highest BCUT2D eigenvalue weighted by molar-refractivity contribution is 5.98. The highest BCUT2D eigenvalue weighted by Gasteiger charge is 2.36. The van der Waals surface area contributed by atoms with E-state index in [0.717, 1.165) is 25.1 Å². The third-order valence-corrected chi connectivity index (χ3v) is 3.55. The lowest BCUT2D eigenvalue weighted by Gasteiger charge is -2.33. The van der Waals surface area contributed by atoms with Gasteiger partial charge in [0.1, 0.15) is 5.54 Å². The quantitative estimate of drug-likeness (QED) is 0.782. The van der Waals surface area contributed by atoms with E-state index in [-0.39, 0.29) is 5.69 Å². The largest absolute Gasteiger partial charge is 0.417 e. The average Bonchev–Trinajstić information content (AvgIpc) is 2.47. The van der Waals surface area contributed by atoms with Crippen molar-refractivity contribution in [3.05, 3.63) is 29.3 Å². The molecular formula is C14H15F3N4O. The van der Waals surface area contributed by atoms with Crippen molar-refractivity contribution in [2.45, 2.75) is 31.5 Å². The molecule has 0 saturated carbocycles. The number of hydrogen-bond donors (Lipinski definition) is 3. The van der Waals surface area contributed by atoms with E-state index < -0.39 is 28.7 Å². The summed E-state index contributed by atoms with van der Waals surface area (Å²) in [6.07, 6.45) is -3.31. The highest BCUT2D eigenvalue weighted by Crippen LogP contribution is 2.33. The van der Waals surface area contributed by atoms with Crippen molar-refractivity contribution >= 4 is 11.6 Å². The Balaban J connectivity index is 2.23. The molecule has 1 aromatic carbocycles. The summed E-state index contributed by atoms with van der Waals surface area (Å²) in [7, 11) is 0. The zero-order valence-electron chi connectivity index (χ0n) is 11.8. The van der Waals surface area contributed by atoms with Crippen LogP contribution in [0.1, 0.15) is 30.9 Å². The fraction of sp³-hybridized carbons (Fsp3) is 0.429. The molecule has 1 atom stereocenters. The lowest BCUT2D eigenvalue weighted by molar-refractivity contribution is -0.137. The molecule has 0 spiro atoms. The maximum absolute atomic E-state index is 12.9. The van der Waals surface area contributed by atoms with Gasteiger partial charge in [-0.25, -0.2) is 5.43 Å². The molecule has 5 nitrogen and oxygen atoms in total. The van der Waals surface area contributed by atoms with Gasteiger partial charge < -0.3 is 5.32 Å². The molecule has 8 heteroatoms. The van der Waals surface area contributed by atoms with Gasteiger partial charge in [0.05, 0.1) is 17.2 Å². The number of anilines is 1. The third kappa shape index (κ3) is 3.37. The smallest absolute Gasteiger partial charge is 0.324 e. The Morgan fingerprint density at radius 3 is 2.73 bits per heavy atom. The van der Waals surface area contributed by atoms with Crippen molar-refractivity contribution < 1.29 is 18.0 Å². The fourth-order valence-corrected chi connectivity index (χ4v) is 2.24. The first-order valence-corrected chi connectivity index (χ1v) is 6.69. The predicted molar refractivity (Wildman–Crippen MR) is 73.6 cm³/mol. The highest BCUT2D eigenvalue weighted by atomic mass is 19.4. The molecule has 1 aliphatic heterocycles. The van der Waals surface area contributed by atoms with Gasteiger partial charge in [0.2, 0.25) is 5.91 Å². The zero-order valence-corrected chi connectivity index (χ0v) is 11.8. The minimum Gasteiger partial charge on any atom is -0.324 e. The monoisotopic (exact) mass is 312 g/mol. The number of nitriles is 1. The number of alkyl halides is 3. The summed E-state index contributed by atoms with van der Waals surface area (Å²) in [5.74, 6) is -0.433. The summed E-state index contributed by atoms with van der Waals surface area (Å²) >= 11 is 0. The van der Waals surface area contributed by atoms with E-state index in [1.165, 1.54) is 12.1 Å². The molecule has 1 aromatic rings. The molecule has 2 rings (SSSR count). The van der Waals surface area contributed by atoms with Crippen molar-refractivity contribution in [1.82, 2.24) is 10.9 Å². The van der Waals surface area contributed by atoms with Crippen LogP contribution in [0.4, 0.5) is 18.9 Å². The number of hydrazine groups is 1. The normalized spacial score (nSPS) is 22.0. The standard InChI is InChI=1S/C14H15F3N4O/c1-13(5-2-6-19-21-13)12(22)20-10-4-3-9(8-18)11(7-10)14(15,16)17/h3-4,7,19,21H,2,5-6H2,1H3,(H,20,22). The Labute approximate surface area is 125 Å². The van der Waals surface area contributed by atoms with Crippen molar-refractivity contribution in [1.29, 1.82) is 5.26 Å². The van der Waals surface area contributed by atoms with Gasteiger partial charge in [-0.1, -0.05) is 0 Å². The number of halogens is 3. The molecule has 1 amide bonds. The summed E-state index contributed by atoms with van der Waals surface area (Å²) in [4.78, 5) is 12.2. The Hall–Kier alpha value is -2.11. The Kier molecular flexibility index (Phi) is 4.39. The number of rotatable bonds is 2. The summed E-state index contributed by atoms with van der Waals surface area (Å²) < 4.78 is 38.7. The van der Waals surface area contributed by atoms with Gasteiger partial charge in [0.15, 0.2) is 0 Å². The van der Waals surface area contributed by atoms with E-state index in [1.54, 1.807) is 6.92 Å². The maximum Gasteiger partial charge on any atom is 0.417 e. The minimum atomic E-state index is -4.65. The number of nitrogens with one attached hydrogen (secondary N) is 3. The first kappa shape index (κ1) is 16.3. The van der Waals surface area contributed by atoms with E-state index in [4.69, 9.17) is 5.26 Å². The van der Waals surface area contributed by atoms with E-state index >= 15 is 0 Å². The van der Waals surface area contributed by atoms with Crippen LogP contribution >= 0.6 is 0 Å². The second-order valence-electron chi connectivity index (χ2n) is 5.31. The molecule has 0 bridgehead atoms. The summed E-state index contributed by atoms with van der Waals surface area (Å²) in [6.45, 7) is 2.39. The first-order valence-electron chi connectivity index (χ1n) is 6.69. The van der Waals surface area contributed by atoms with Crippen molar-refractivity contribution in [2.24, 2.45) is 0 Å². The van der Waals surface area contributed by atoms with Crippen LogP contribution in [0.25, 0.3) is 0 Å². The first-order chi connectivity index (χ1) is 10.3. The molecule has 0 aromatic heterocycles. The van der Waals surface area contributed by atoms with Gasteiger partial charge in [-0.05, 0) is 38.0 Å². The Bertz CT molecular complexity index is 615. The summed E-state index contributed by atoms with van der Waals surface area (Å²) in [5, 5.41) is 11.2. The molecule has 3 N–H and O–H groups in total. The van der Waals surface area contributed by atoms with Crippen LogP contribution in [-0.4, -0.2) is 18.0 Å². The van der Waals surface area contributed by atoms with Crippen LogP contribution < -0.4 is 16.2 Å². The van der Waals surface area contributed by atoms with Crippen LogP contribution in [0.2, 0.25) is 0 Å². The van der Waals surface area contributed by atoms with Gasteiger partial charge >= 0.3 is 6.18 Å². The maximum atomic E-state index is 12.9. The Morgan fingerprint density at radius 1 is 1.45 bits per heavy atom. The molecule has 1 heterocycles. The molecule has 1 unspecified atom stereocenters. The molecule has 1 saturated heterocycles. The fourth-order valence-electron chi connectivity index (χ4n) is 2.24. The van der Waals surface area contributed by atoms with E-state index in [0.29, 0.717) is 6.42 Å². The SMILES string of the molecule is CC1(C(=O)Nc2ccc(C#N)c(C(F)(F)F)c2)CCCNN1. The topological polar surface area (TPSA) is 77.0 Å². The Morgan fingerprint density at radius 2 is 2.18 bits per heavy atom. The zero-order chi connectivity index (χ0) is 16.4. The van der Waals surface area contributed by atoms with E-state index in [1.807, 2.05) is 0 Å². The summed E-state index contributed by atoms with van der Waals surface area (Å²) in [5.41, 5.74) is 3.27. The van der Waals surface area contributed by atoms with Crippen molar-refractivity contribution in [2.75, 3.05) is 11.9 Å². The second kappa shape index (κ2) is 5.94. The van der Waals surface area contributed by atoms with Gasteiger partial charge in [-0.2, -0.15) is 18.4 Å². The van der Waals surface area contributed by atoms with Crippen molar-refractivity contribution in [3.63, 3.8) is 0 Å². The lowest BCUT2D eigenvalue weighted by atomic mass is 9.93. The number of hydrogen-bond acceptors (Lipinski definition) is 4. The van der Waals surface area contributed by atoms with Gasteiger partial charge in [0, 0.05) is 12.2 Å². The van der Waals surface area contributed by atoms with Gasteiger partial charge in [-0.15, -0.1) is 0 Å². The number of nitrogens with zero attached hydrogens (tertiary/aromatic N) is 1. The minimum absolute atomic E-state index is 0.00456. The molecule has 0 radical (unpaired) electrons. The van der Waals surface area contributed by atoms with Crippen LogP contribution in [0, 0.1) is 11.3 Å². The third-order valence-electron chi connectivity index (χ3n) is 3.55. The molecule has 1 aliphatic rings. The average molecular weight is 312 g/mol. The van der Waals surface area contributed by atoms with Crippen LogP contribution in [0.3, 0.4) is 0 Å². The summed E-state index contributed by atoms with van der Waals surface area (Å²) in [6, 6.07) is 4.60. The van der Waals surface area contributed by atoms with Crippen LogP contribution in [-0.2, 0) is 11.0 Å². The molecule has 118 valence electrons. The number of carbonyl (C=O) groups excluding carboxylic acids is 1. The second-order valence-corrected chi connectivity index (χ2v) is 5.31. The van der Waals surface area contributed by atoms with Crippen molar-refractivity contribution in [3.8, 4) is 6.07 Å². The van der Waals surface area contributed by atoms with Gasteiger partial charge in [0.25, 0.3) is 0 Å². The van der Waals surface area contributed by atoms with Crippen LogP contribution in [0.15, 0.2) is 18.2 Å². The predicted octanol–water partition coefficient (Wildman–Crippen LogP) is 2.16. The molecule has 22 heavy (non-hydrogen) atoms. The lowest BCUT2D eigenvalue weighted by Crippen LogP contribution is -2.60. The van der Waals surface area contributed by atoms with Crippen LogP contribution in [0.5, 0.6) is 0 Å². The van der Waals surface area contributed by atoms with E-state index in [2.05, 4.69) is 16.2 Å². The molecular weight excluding hydrogens is 297 g/mol. The van der Waals surface area contributed by atoms with E-state index in [9.17, 15) is 18.0 Å².